The van der Waals surface area contributed by atoms with Gasteiger partial charge in [0, 0.05) is 23.2 Å². The minimum Gasteiger partial charge on any atom is -0.508 e. The van der Waals surface area contributed by atoms with Gasteiger partial charge in [-0.15, -0.1) is 11.3 Å². The molecule has 0 radical (unpaired) electrons. The van der Waals surface area contributed by atoms with Crippen molar-refractivity contribution in [2.24, 2.45) is 0 Å². The Morgan fingerprint density at radius 2 is 1.53 bits per heavy atom. The summed E-state index contributed by atoms with van der Waals surface area (Å²) in [4.78, 5) is 30.2. The van der Waals surface area contributed by atoms with Gasteiger partial charge >= 0.3 is 26.2 Å². The van der Waals surface area contributed by atoms with Gasteiger partial charge in [0.1, 0.15) is 11.5 Å². The van der Waals surface area contributed by atoms with Crippen molar-refractivity contribution in [2.45, 2.75) is 45.8 Å². The van der Waals surface area contributed by atoms with Gasteiger partial charge in [0.2, 0.25) is 0 Å². The molecule has 0 bridgehead atoms. The van der Waals surface area contributed by atoms with Crippen molar-refractivity contribution in [1.29, 1.82) is 0 Å². The average molecular weight is 719 g/mol. The van der Waals surface area contributed by atoms with E-state index in [-0.39, 0.29) is 24.6 Å². The van der Waals surface area contributed by atoms with E-state index in [1.54, 1.807) is 61.2 Å². The first kappa shape index (κ1) is 34.6. The molecule has 4 heterocycles. The molecule has 2 aromatic heterocycles. The van der Waals surface area contributed by atoms with Crippen LogP contribution in [0.4, 0.5) is 0 Å². The van der Waals surface area contributed by atoms with Crippen LogP contribution in [0.3, 0.4) is 0 Å². The number of aromatic nitrogens is 2. The van der Waals surface area contributed by atoms with Gasteiger partial charge in [-0.2, -0.15) is 0 Å². The summed E-state index contributed by atoms with van der Waals surface area (Å²) in [7, 11) is -2.24. The van der Waals surface area contributed by atoms with E-state index in [0.29, 0.717) is 28.5 Å². The number of carbonyl (C=O) groups is 2. The number of aryl methyl sites for hydroxylation is 2. The van der Waals surface area contributed by atoms with E-state index in [1.165, 1.54) is 17.4 Å². The Bertz CT molecular complexity index is 1610. The molecule has 2 aliphatic rings. The second-order valence-electron chi connectivity index (χ2n) is 9.75. The zero-order valence-electron chi connectivity index (χ0n) is 24.4. The first-order chi connectivity index (χ1) is 21.5. The van der Waals surface area contributed by atoms with Crippen molar-refractivity contribution < 1.29 is 48.6 Å². The number of phenols is 1. The molecular weight excluding hydrogens is 690 g/mol. The highest BCUT2D eigenvalue weighted by atomic mass is 79.9. The van der Waals surface area contributed by atoms with Crippen LogP contribution in [-0.2, 0) is 23.6 Å². The van der Waals surface area contributed by atoms with Gasteiger partial charge in [0.25, 0.3) is 5.19 Å². The maximum atomic E-state index is 11.5. The van der Waals surface area contributed by atoms with Gasteiger partial charge < -0.3 is 39.0 Å². The number of rotatable bonds is 7. The number of benzene rings is 2. The Morgan fingerprint density at radius 1 is 0.933 bits per heavy atom. The highest BCUT2D eigenvalue weighted by Crippen LogP contribution is 2.34. The van der Waals surface area contributed by atoms with Crippen molar-refractivity contribution >= 4 is 75.7 Å². The molecule has 0 saturated carbocycles. The third-order valence-electron chi connectivity index (χ3n) is 6.59. The van der Waals surface area contributed by atoms with Crippen LogP contribution >= 0.6 is 38.6 Å². The summed E-state index contributed by atoms with van der Waals surface area (Å²) in [5.41, 5.74) is 4.15. The molecule has 0 amide bonds. The van der Waals surface area contributed by atoms with Gasteiger partial charge in [-0.1, -0.05) is 11.3 Å². The van der Waals surface area contributed by atoms with Crippen molar-refractivity contribution in [1.82, 2.24) is 9.97 Å². The fraction of sp³-hybridized carbons (Fsp3) is 0.286. The lowest BCUT2D eigenvalue weighted by Gasteiger charge is -2.13. The van der Waals surface area contributed by atoms with E-state index >= 15 is 0 Å². The van der Waals surface area contributed by atoms with Crippen molar-refractivity contribution in [3.05, 3.63) is 73.6 Å². The lowest BCUT2D eigenvalue weighted by atomic mass is 9.77. The lowest BCUT2D eigenvalue weighted by Crippen LogP contribution is -2.28. The monoisotopic (exact) mass is 718 g/mol. The number of hydrogen-bond donors (Lipinski definition) is 4. The van der Waals surface area contributed by atoms with Crippen molar-refractivity contribution in [3.63, 3.8) is 0 Å². The molecule has 45 heavy (non-hydrogen) atoms. The van der Waals surface area contributed by atoms with Gasteiger partial charge in [-0.3, -0.25) is 9.59 Å². The fourth-order valence-corrected chi connectivity index (χ4v) is 6.24. The topological polar surface area (TPSA) is 178 Å². The molecule has 0 saturated heterocycles. The Labute approximate surface area is 276 Å². The molecule has 236 valence electrons. The van der Waals surface area contributed by atoms with Crippen molar-refractivity contribution in [3.8, 4) is 16.7 Å². The number of aliphatic carboxylic acids is 1. The lowest BCUT2D eigenvalue weighted by molar-refractivity contribution is -0.145. The van der Waals surface area contributed by atoms with E-state index in [1.807, 2.05) is 12.3 Å². The van der Waals surface area contributed by atoms with Crippen LogP contribution in [0.2, 0.25) is 0 Å². The Kier molecular flexibility index (Phi) is 12.1. The quantitative estimate of drug-likeness (QED) is 0.161. The summed E-state index contributed by atoms with van der Waals surface area (Å²) in [5, 5.41) is 42.3. The number of ether oxygens (including phenoxy) is 2. The molecule has 0 fully saturated rings. The summed E-state index contributed by atoms with van der Waals surface area (Å²) in [6.45, 7) is 5.69. The second-order valence-corrected chi connectivity index (χ2v) is 12.8. The molecule has 4 aromatic rings. The smallest absolute Gasteiger partial charge is 0.492 e. The summed E-state index contributed by atoms with van der Waals surface area (Å²) >= 11 is 6.13. The first-order valence-corrected chi connectivity index (χ1v) is 16.2. The molecule has 17 heteroatoms. The summed E-state index contributed by atoms with van der Waals surface area (Å²) in [5.74, 6) is -0.719. The normalized spacial score (nSPS) is 16.1. The molecule has 6 rings (SSSR count). The number of carboxylic acids is 1. The molecule has 0 spiro atoms. The van der Waals surface area contributed by atoms with E-state index < -0.39 is 32.4 Å². The number of aromatic hydroxyl groups is 1. The molecule has 4 N–H and O–H groups in total. The Morgan fingerprint density at radius 3 is 2.07 bits per heavy atom. The van der Waals surface area contributed by atoms with Crippen LogP contribution < -0.4 is 15.7 Å². The molecule has 2 atom stereocenters. The minimum atomic E-state index is -1.14. The second kappa shape index (κ2) is 15.8. The third kappa shape index (κ3) is 9.13. The maximum Gasteiger partial charge on any atom is 0.492 e. The summed E-state index contributed by atoms with van der Waals surface area (Å²) in [6, 6.07) is 6.49. The third-order valence-corrected chi connectivity index (χ3v) is 8.56. The van der Waals surface area contributed by atoms with E-state index in [2.05, 4.69) is 25.9 Å². The largest absolute Gasteiger partial charge is 0.508 e. The van der Waals surface area contributed by atoms with E-state index in [9.17, 15) is 24.7 Å². The number of fused-ring (bicyclic) bond motifs is 2. The van der Waals surface area contributed by atoms with E-state index in [0.717, 1.165) is 26.2 Å². The van der Waals surface area contributed by atoms with E-state index in [4.69, 9.17) is 23.9 Å². The van der Waals surface area contributed by atoms with Crippen molar-refractivity contribution in [2.75, 3.05) is 6.61 Å². The predicted molar refractivity (Wildman–Crippen MR) is 172 cm³/mol. The highest BCUT2D eigenvalue weighted by Gasteiger charge is 2.39. The number of phenolic OH excluding ortho intramolecular Hbond substituents is 1. The SMILES string of the molecule is Brc1nccs1.CCOC(=O)CC1OB(O)c2cc(O)cc(C)c21.Cc1cc(Oc2nccs2)cc2c1C(CC(=O)O)OB2O. The number of carboxylic acid groups (broad SMARTS) is 1. The molecule has 2 unspecified atom stereocenters. The summed E-state index contributed by atoms with van der Waals surface area (Å²) in [6.07, 6.45) is 2.12. The standard InChI is InChI=1S/C13H12BNO5S.C12H15BO5.C3H2BrNS/c1-7-4-8(19-13-15-2-3-21-13)5-9-12(7)10(6-11(16)17)20-14(9)18;1-3-17-11(15)6-10-12-7(2)4-8(14)5-9(12)13(16)18-10;4-3-5-1-2-6-3/h2-5,10,18H,6H2,1H3,(H,16,17);4-5,10,14,16H,3,6H2,1-2H3;1-2H. The number of thiazole rings is 2. The van der Waals surface area contributed by atoms with Gasteiger partial charge in [-0.05, 0) is 94.1 Å². The summed E-state index contributed by atoms with van der Waals surface area (Å²) < 4.78 is 22.1. The fourth-order valence-electron chi connectivity index (χ4n) is 4.94. The Balaban J connectivity index is 0.000000174. The van der Waals surface area contributed by atoms with Gasteiger partial charge in [0.05, 0.1) is 31.7 Å². The van der Waals surface area contributed by atoms with Crippen LogP contribution in [-0.4, -0.2) is 63.0 Å². The first-order valence-electron chi connectivity index (χ1n) is 13.6. The van der Waals surface area contributed by atoms with Gasteiger partial charge in [0.15, 0.2) is 3.92 Å². The molecule has 0 aliphatic carbocycles. The zero-order valence-corrected chi connectivity index (χ0v) is 27.6. The maximum absolute atomic E-state index is 11.5. The number of esters is 1. The predicted octanol–water partition coefficient (Wildman–Crippen LogP) is 3.80. The Hall–Kier alpha value is -3.31. The van der Waals surface area contributed by atoms with Crippen LogP contribution in [0, 0.1) is 13.8 Å². The molecule has 2 aromatic carbocycles. The number of halogens is 1. The highest BCUT2D eigenvalue weighted by molar-refractivity contribution is 9.11. The van der Waals surface area contributed by atoms with Crippen LogP contribution in [0.15, 0.2) is 51.3 Å². The number of nitrogens with zero attached hydrogens (tertiary/aromatic N) is 2. The average Bonchev–Trinajstić information content (AvgIpc) is 3.76. The molecule has 12 nitrogen and oxygen atoms in total. The molecule has 2 aliphatic heterocycles. The number of carbonyl (C=O) groups excluding carboxylic acids is 1. The molecular formula is C28H29B2BrN2O10S2. The van der Waals surface area contributed by atoms with Crippen LogP contribution in [0.5, 0.6) is 16.7 Å². The minimum absolute atomic E-state index is 0.0590. The van der Waals surface area contributed by atoms with Crippen LogP contribution in [0.25, 0.3) is 0 Å². The van der Waals surface area contributed by atoms with Crippen LogP contribution in [0.1, 0.15) is 54.2 Å². The number of hydrogen-bond acceptors (Lipinski definition) is 13. The zero-order chi connectivity index (χ0) is 32.7. The van der Waals surface area contributed by atoms with Gasteiger partial charge in [-0.25, -0.2) is 9.97 Å².